The van der Waals surface area contributed by atoms with Crippen molar-refractivity contribution in [2.45, 2.75) is 58.8 Å². The standard InChI is InChI=1S/C17H25ClN2O/c1-5-7-15-17(21)20(12(4)11(2)3)16(19-15)13-8-6-9-14(18)10-13/h6,8-12,15-16,19H,5,7H2,1-4H3. The summed E-state index contributed by atoms with van der Waals surface area (Å²) in [6.07, 6.45) is 1.79. The van der Waals surface area contributed by atoms with E-state index in [0.717, 1.165) is 18.4 Å². The lowest BCUT2D eigenvalue weighted by molar-refractivity contribution is -0.133. The van der Waals surface area contributed by atoms with E-state index in [4.69, 9.17) is 11.6 Å². The molecule has 0 radical (unpaired) electrons. The predicted molar refractivity (Wildman–Crippen MR) is 87.2 cm³/mol. The highest BCUT2D eigenvalue weighted by Crippen LogP contribution is 2.32. The number of benzene rings is 1. The molecular formula is C17H25ClN2O. The summed E-state index contributed by atoms with van der Waals surface area (Å²) in [6, 6.07) is 7.89. The maximum atomic E-state index is 12.7. The molecule has 0 spiro atoms. The number of carbonyl (C=O) groups is 1. The van der Waals surface area contributed by atoms with Gasteiger partial charge in [0.1, 0.15) is 6.17 Å². The Balaban J connectivity index is 2.34. The fraction of sp³-hybridized carbons (Fsp3) is 0.588. The van der Waals surface area contributed by atoms with E-state index < -0.39 is 0 Å². The van der Waals surface area contributed by atoms with Crippen molar-refractivity contribution in [3.05, 3.63) is 34.9 Å². The van der Waals surface area contributed by atoms with E-state index in [-0.39, 0.29) is 24.2 Å². The average Bonchev–Trinajstić information content (AvgIpc) is 2.76. The molecule has 0 aromatic heterocycles. The third-order valence-electron chi connectivity index (χ3n) is 4.34. The zero-order valence-corrected chi connectivity index (χ0v) is 14.0. The number of amides is 1. The van der Waals surface area contributed by atoms with E-state index in [9.17, 15) is 4.79 Å². The van der Waals surface area contributed by atoms with Gasteiger partial charge in [-0.05, 0) is 37.0 Å². The van der Waals surface area contributed by atoms with Crippen LogP contribution in [-0.2, 0) is 4.79 Å². The highest BCUT2D eigenvalue weighted by Gasteiger charge is 2.42. The van der Waals surface area contributed by atoms with Gasteiger partial charge in [-0.1, -0.05) is 50.9 Å². The lowest BCUT2D eigenvalue weighted by Crippen LogP contribution is -2.41. The molecule has 1 fully saturated rings. The molecule has 1 N–H and O–H groups in total. The van der Waals surface area contributed by atoms with Crippen LogP contribution in [0.25, 0.3) is 0 Å². The van der Waals surface area contributed by atoms with Crippen LogP contribution in [0, 0.1) is 5.92 Å². The Morgan fingerprint density at radius 3 is 2.62 bits per heavy atom. The smallest absolute Gasteiger partial charge is 0.241 e. The molecule has 3 nitrogen and oxygen atoms in total. The molecule has 1 amide bonds. The van der Waals surface area contributed by atoms with Gasteiger partial charge >= 0.3 is 0 Å². The Labute approximate surface area is 132 Å². The molecule has 1 saturated heterocycles. The van der Waals surface area contributed by atoms with E-state index in [1.54, 1.807) is 0 Å². The van der Waals surface area contributed by atoms with Crippen molar-refractivity contribution >= 4 is 17.5 Å². The van der Waals surface area contributed by atoms with Gasteiger partial charge in [0.05, 0.1) is 6.04 Å². The number of halogens is 1. The minimum Gasteiger partial charge on any atom is -0.319 e. The van der Waals surface area contributed by atoms with E-state index in [1.165, 1.54) is 0 Å². The van der Waals surface area contributed by atoms with Crippen LogP contribution >= 0.6 is 11.6 Å². The number of hydrogen-bond acceptors (Lipinski definition) is 2. The van der Waals surface area contributed by atoms with Crippen molar-refractivity contribution in [3.63, 3.8) is 0 Å². The zero-order valence-electron chi connectivity index (χ0n) is 13.3. The summed E-state index contributed by atoms with van der Waals surface area (Å²) in [5.74, 6) is 0.626. The molecule has 21 heavy (non-hydrogen) atoms. The minimum absolute atomic E-state index is 0.0786. The first-order valence-electron chi connectivity index (χ1n) is 7.79. The molecule has 3 atom stereocenters. The van der Waals surface area contributed by atoms with Crippen molar-refractivity contribution in [2.75, 3.05) is 0 Å². The summed E-state index contributed by atoms with van der Waals surface area (Å²) in [5.41, 5.74) is 1.06. The van der Waals surface area contributed by atoms with Crippen molar-refractivity contribution < 1.29 is 4.79 Å². The van der Waals surface area contributed by atoms with E-state index in [1.807, 2.05) is 29.2 Å². The molecule has 4 heteroatoms. The molecule has 1 aliphatic heterocycles. The highest BCUT2D eigenvalue weighted by atomic mass is 35.5. The second-order valence-corrected chi connectivity index (χ2v) is 6.63. The molecule has 0 bridgehead atoms. The molecule has 1 aromatic carbocycles. The second kappa shape index (κ2) is 6.80. The van der Waals surface area contributed by atoms with Crippen LogP contribution in [0.15, 0.2) is 24.3 Å². The SMILES string of the molecule is CCCC1NC(c2cccc(Cl)c2)N(C(C)C(C)C)C1=O. The fourth-order valence-corrected chi connectivity index (χ4v) is 3.03. The van der Waals surface area contributed by atoms with Gasteiger partial charge in [0, 0.05) is 11.1 Å². The summed E-state index contributed by atoms with van der Waals surface area (Å²) >= 11 is 6.12. The van der Waals surface area contributed by atoms with Gasteiger partial charge in [0.15, 0.2) is 0 Å². The first kappa shape index (κ1) is 16.3. The summed E-state index contributed by atoms with van der Waals surface area (Å²) in [4.78, 5) is 14.7. The predicted octanol–water partition coefficient (Wildman–Crippen LogP) is 3.98. The first-order chi connectivity index (χ1) is 9.95. The first-order valence-corrected chi connectivity index (χ1v) is 8.17. The number of nitrogens with zero attached hydrogens (tertiary/aromatic N) is 1. The van der Waals surface area contributed by atoms with Crippen LogP contribution in [0.3, 0.4) is 0 Å². The average molecular weight is 309 g/mol. The number of rotatable bonds is 5. The third kappa shape index (κ3) is 3.41. The topological polar surface area (TPSA) is 32.3 Å². The minimum atomic E-state index is -0.0832. The maximum absolute atomic E-state index is 12.7. The molecule has 0 aliphatic carbocycles. The van der Waals surface area contributed by atoms with Crippen molar-refractivity contribution in [3.8, 4) is 0 Å². The lowest BCUT2D eigenvalue weighted by atomic mass is 10.0. The van der Waals surface area contributed by atoms with Crippen LogP contribution < -0.4 is 5.32 Å². The Morgan fingerprint density at radius 2 is 2.05 bits per heavy atom. The Kier molecular flexibility index (Phi) is 5.28. The van der Waals surface area contributed by atoms with Gasteiger partial charge in [-0.3, -0.25) is 10.1 Å². The zero-order chi connectivity index (χ0) is 15.6. The third-order valence-corrected chi connectivity index (χ3v) is 4.57. The van der Waals surface area contributed by atoms with E-state index in [0.29, 0.717) is 10.9 Å². The molecule has 1 heterocycles. The fourth-order valence-electron chi connectivity index (χ4n) is 2.84. The summed E-state index contributed by atoms with van der Waals surface area (Å²) < 4.78 is 0. The van der Waals surface area contributed by atoms with Gasteiger partial charge in [-0.2, -0.15) is 0 Å². The van der Waals surface area contributed by atoms with Crippen LogP contribution in [0.2, 0.25) is 5.02 Å². The summed E-state index contributed by atoms with van der Waals surface area (Å²) in [6.45, 7) is 8.54. The monoisotopic (exact) mass is 308 g/mol. The van der Waals surface area contributed by atoms with Gasteiger partial charge in [0.2, 0.25) is 5.91 Å². The normalized spacial score (nSPS) is 23.9. The van der Waals surface area contributed by atoms with Crippen LogP contribution in [0.4, 0.5) is 0 Å². The van der Waals surface area contributed by atoms with Crippen molar-refractivity contribution in [1.82, 2.24) is 10.2 Å². The second-order valence-electron chi connectivity index (χ2n) is 6.20. The summed E-state index contributed by atoms with van der Waals surface area (Å²) in [7, 11) is 0. The van der Waals surface area contributed by atoms with E-state index >= 15 is 0 Å². The number of carbonyl (C=O) groups excluding carboxylic acids is 1. The quantitative estimate of drug-likeness (QED) is 0.892. The highest BCUT2D eigenvalue weighted by molar-refractivity contribution is 6.30. The molecule has 0 saturated carbocycles. The van der Waals surface area contributed by atoms with Crippen molar-refractivity contribution in [2.24, 2.45) is 5.92 Å². The lowest BCUT2D eigenvalue weighted by Gasteiger charge is -2.33. The molecule has 116 valence electrons. The van der Waals surface area contributed by atoms with E-state index in [2.05, 4.69) is 33.0 Å². The van der Waals surface area contributed by atoms with Gasteiger partial charge in [-0.15, -0.1) is 0 Å². The summed E-state index contributed by atoms with van der Waals surface area (Å²) in [5, 5.41) is 4.20. The van der Waals surface area contributed by atoms with Crippen LogP contribution in [-0.4, -0.2) is 22.9 Å². The molecule has 1 aliphatic rings. The Bertz CT molecular complexity index is 503. The molecule has 3 unspecified atom stereocenters. The largest absolute Gasteiger partial charge is 0.319 e. The number of hydrogen-bond donors (Lipinski definition) is 1. The van der Waals surface area contributed by atoms with Crippen LogP contribution in [0.5, 0.6) is 0 Å². The molecule has 1 aromatic rings. The molecular weight excluding hydrogens is 284 g/mol. The van der Waals surface area contributed by atoms with Crippen LogP contribution in [0.1, 0.15) is 52.3 Å². The van der Waals surface area contributed by atoms with Crippen molar-refractivity contribution in [1.29, 1.82) is 0 Å². The number of nitrogens with one attached hydrogen (secondary N) is 1. The Hall–Kier alpha value is -1.06. The maximum Gasteiger partial charge on any atom is 0.241 e. The van der Waals surface area contributed by atoms with Gasteiger partial charge in [-0.25, -0.2) is 0 Å². The van der Waals surface area contributed by atoms with Gasteiger partial charge in [0.25, 0.3) is 0 Å². The van der Waals surface area contributed by atoms with Gasteiger partial charge < -0.3 is 4.90 Å². The molecule has 2 rings (SSSR count). The Morgan fingerprint density at radius 1 is 1.33 bits per heavy atom.